The lowest BCUT2D eigenvalue weighted by atomic mass is 9.68. The quantitative estimate of drug-likeness (QED) is 0.568. The van der Waals surface area contributed by atoms with E-state index in [4.69, 9.17) is 17.3 Å². The monoisotopic (exact) mass is 492 g/mol. The molecule has 0 spiro atoms. The van der Waals surface area contributed by atoms with Crippen molar-refractivity contribution in [1.82, 2.24) is 25.0 Å². The van der Waals surface area contributed by atoms with Crippen LogP contribution in [0.2, 0.25) is 5.02 Å². The third kappa shape index (κ3) is 4.21. The highest BCUT2D eigenvalue weighted by Gasteiger charge is 2.40. The summed E-state index contributed by atoms with van der Waals surface area (Å²) in [5.41, 5.74) is 8.63. The first-order chi connectivity index (χ1) is 17.0. The maximum Gasteiger partial charge on any atom is 0.292 e. The second-order valence-corrected chi connectivity index (χ2v) is 9.82. The second kappa shape index (κ2) is 9.43. The molecule has 3 N–H and O–H groups in total. The number of rotatable bonds is 5. The zero-order valence-corrected chi connectivity index (χ0v) is 20.5. The van der Waals surface area contributed by atoms with Crippen molar-refractivity contribution in [2.45, 2.75) is 43.7 Å². The van der Waals surface area contributed by atoms with Gasteiger partial charge >= 0.3 is 0 Å². The summed E-state index contributed by atoms with van der Waals surface area (Å²) in [6.45, 7) is 1.77. The molecule has 1 aromatic heterocycles. The molecule has 2 heterocycles. The second-order valence-electron chi connectivity index (χ2n) is 9.38. The number of halogens is 1. The Bertz CT molecular complexity index is 1260. The molecule has 2 amide bonds. The van der Waals surface area contributed by atoms with Crippen LogP contribution in [0.4, 0.5) is 0 Å². The van der Waals surface area contributed by atoms with Gasteiger partial charge in [0.15, 0.2) is 5.82 Å². The van der Waals surface area contributed by atoms with Crippen molar-refractivity contribution < 1.29 is 9.59 Å². The molecule has 8 nitrogen and oxygen atoms in total. The molecule has 1 fully saturated rings. The molecule has 0 radical (unpaired) electrons. The normalized spacial score (nSPS) is 22.1. The molecule has 2 aromatic carbocycles. The van der Waals surface area contributed by atoms with Crippen molar-refractivity contribution in [2.75, 3.05) is 20.1 Å². The third-order valence-electron chi connectivity index (χ3n) is 7.56. The topological polar surface area (TPSA) is 106 Å². The molecule has 0 saturated heterocycles. The smallest absolute Gasteiger partial charge is 0.292 e. The number of aromatic nitrogens is 3. The zero-order chi connectivity index (χ0) is 24.6. The number of nitrogens with zero attached hydrogens (tertiary/aromatic N) is 4. The molecule has 1 aliphatic carbocycles. The van der Waals surface area contributed by atoms with Crippen LogP contribution < -0.4 is 11.1 Å². The van der Waals surface area contributed by atoms with Crippen LogP contribution in [0.3, 0.4) is 0 Å². The number of carbonyl (C=O) groups is 2. The Morgan fingerprint density at radius 1 is 1.11 bits per heavy atom. The van der Waals surface area contributed by atoms with Gasteiger partial charge in [0.2, 0.25) is 5.82 Å². The van der Waals surface area contributed by atoms with E-state index in [-0.39, 0.29) is 23.3 Å². The lowest BCUT2D eigenvalue weighted by molar-refractivity contribution is 0.0523. The van der Waals surface area contributed by atoms with Gasteiger partial charge in [-0.15, -0.1) is 10.2 Å². The van der Waals surface area contributed by atoms with Crippen molar-refractivity contribution in [3.8, 4) is 11.4 Å². The van der Waals surface area contributed by atoms with E-state index in [0.717, 1.165) is 36.3 Å². The van der Waals surface area contributed by atoms with Crippen LogP contribution in [-0.4, -0.2) is 57.7 Å². The molecule has 1 saturated carbocycles. The molecule has 35 heavy (non-hydrogen) atoms. The molecule has 3 aromatic rings. The van der Waals surface area contributed by atoms with Gasteiger partial charge in [-0.2, -0.15) is 0 Å². The Balaban J connectivity index is 1.33. The van der Waals surface area contributed by atoms with Gasteiger partial charge in [-0.05, 0) is 55.5 Å². The average molecular weight is 493 g/mol. The summed E-state index contributed by atoms with van der Waals surface area (Å²) in [5, 5.41) is 11.9. The lowest BCUT2D eigenvalue weighted by Gasteiger charge is -2.44. The average Bonchev–Trinajstić information content (AvgIpc) is 3.34. The minimum absolute atomic E-state index is 0.0922. The summed E-state index contributed by atoms with van der Waals surface area (Å²) < 4.78 is 1.86. The molecular formula is C26H29ClN6O2. The number of hydrogen-bond acceptors (Lipinski definition) is 5. The molecule has 1 aliphatic heterocycles. The van der Waals surface area contributed by atoms with E-state index in [0.29, 0.717) is 36.8 Å². The van der Waals surface area contributed by atoms with Crippen molar-refractivity contribution in [3.63, 3.8) is 0 Å². The van der Waals surface area contributed by atoms with Gasteiger partial charge in [0.1, 0.15) is 0 Å². The first kappa shape index (κ1) is 23.5. The maximum atomic E-state index is 13.4. The van der Waals surface area contributed by atoms with Crippen LogP contribution in [0, 0.1) is 0 Å². The molecule has 0 atom stereocenters. The largest absolute Gasteiger partial charge is 0.355 e. The predicted octanol–water partition coefficient (Wildman–Crippen LogP) is 3.25. The van der Waals surface area contributed by atoms with E-state index in [9.17, 15) is 9.59 Å². The number of amides is 2. The van der Waals surface area contributed by atoms with Gasteiger partial charge in [0.05, 0.1) is 0 Å². The van der Waals surface area contributed by atoms with Gasteiger partial charge in [-0.3, -0.25) is 9.59 Å². The third-order valence-corrected chi connectivity index (χ3v) is 7.79. The summed E-state index contributed by atoms with van der Waals surface area (Å²) in [6, 6.07) is 15.3. The fourth-order valence-electron chi connectivity index (χ4n) is 5.51. The van der Waals surface area contributed by atoms with E-state index < -0.39 is 0 Å². The van der Waals surface area contributed by atoms with Gasteiger partial charge in [0, 0.05) is 54.3 Å². The number of nitrogens with one attached hydrogen (secondary N) is 1. The molecule has 2 aliphatic rings. The van der Waals surface area contributed by atoms with Crippen molar-refractivity contribution in [1.29, 1.82) is 0 Å². The number of nitrogens with two attached hydrogens (primary N) is 1. The number of carbonyl (C=O) groups excluding carboxylic acids is 2. The summed E-state index contributed by atoms with van der Waals surface area (Å²) in [5.74, 6) is 0.689. The summed E-state index contributed by atoms with van der Waals surface area (Å²) in [7, 11) is 1.60. The van der Waals surface area contributed by atoms with Crippen molar-refractivity contribution in [3.05, 3.63) is 70.5 Å². The SMILES string of the molecule is CNC(=O)c1cccc(-c2nnc3n2CCN([C@H]2CC[C@](CN)(c4cccc(Cl)c4)CC2)C3=O)c1. The standard InChI is InChI=1S/C26H29ClN6O2/c1-29-24(34)18-5-2-4-17(14-18)22-30-31-23-25(35)32(12-13-33(22)23)21-8-10-26(16-28,11-9-21)19-6-3-7-20(27)15-19/h2-7,14-15,21H,8-13,16,28H2,1H3,(H,29,34)/t21-,26-. The Kier molecular flexibility index (Phi) is 6.34. The van der Waals surface area contributed by atoms with Gasteiger partial charge in [-0.25, -0.2) is 0 Å². The van der Waals surface area contributed by atoms with E-state index in [2.05, 4.69) is 21.6 Å². The highest BCUT2D eigenvalue weighted by Crippen LogP contribution is 2.41. The van der Waals surface area contributed by atoms with E-state index in [1.807, 2.05) is 39.8 Å². The van der Waals surface area contributed by atoms with E-state index in [1.54, 1.807) is 19.2 Å². The Labute approximate surface area is 209 Å². The number of fused-ring (bicyclic) bond motifs is 1. The van der Waals surface area contributed by atoms with Crippen LogP contribution >= 0.6 is 11.6 Å². The van der Waals surface area contributed by atoms with Crippen LogP contribution in [0.25, 0.3) is 11.4 Å². The first-order valence-electron chi connectivity index (χ1n) is 12.0. The fourth-order valence-corrected chi connectivity index (χ4v) is 5.70. The van der Waals surface area contributed by atoms with Crippen LogP contribution in [0.15, 0.2) is 48.5 Å². The summed E-state index contributed by atoms with van der Waals surface area (Å²) >= 11 is 6.25. The molecule has 182 valence electrons. The zero-order valence-electron chi connectivity index (χ0n) is 19.7. The minimum Gasteiger partial charge on any atom is -0.355 e. The lowest BCUT2D eigenvalue weighted by Crippen LogP contribution is -2.50. The van der Waals surface area contributed by atoms with E-state index in [1.165, 1.54) is 5.56 Å². The summed E-state index contributed by atoms with van der Waals surface area (Å²) in [4.78, 5) is 27.4. The van der Waals surface area contributed by atoms with Crippen molar-refractivity contribution >= 4 is 23.4 Å². The highest BCUT2D eigenvalue weighted by molar-refractivity contribution is 6.30. The summed E-state index contributed by atoms with van der Waals surface area (Å²) in [6.07, 6.45) is 3.57. The molecular weight excluding hydrogens is 464 g/mol. The Morgan fingerprint density at radius 3 is 2.57 bits per heavy atom. The predicted molar refractivity (Wildman–Crippen MR) is 134 cm³/mol. The fraction of sp³-hybridized carbons (Fsp3) is 0.385. The minimum atomic E-state index is -0.170. The highest BCUT2D eigenvalue weighted by atomic mass is 35.5. The molecule has 5 rings (SSSR count). The Morgan fingerprint density at radius 2 is 1.86 bits per heavy atom. The van der Waals surface area contributed by atoms with Crippen LogP contribution in [-0.2, 0) is 12.0 Å². The van der Waals surface area contributed by atoms with Gasteiger partial charge < -0.3 is 20.5 Å². The van der Waals surface area contributed by atoms with Crippen molar-refractivity contribution in [2.24, 2.45) is 5.73 Å². The number of benzene rings is 2. The van der Waals surface area contributed by atoms with E-state index >= 15 is 0 Å². The maximum absolute atomic E-state index is 13.4. The van der Waals surface area contributed by atoms with Crippen LogP contribution in [0.1, 0.15) is 52.2 Å². The van der Waals surface area contributed by atoms with Crippen LogP contribution in [0.5, 0.6) is 0 Å². The van der Waals surface area contributed by atoms with Gasteiger partial charge in [0.25, 0.3) is 11.8 Å². The number of hydrogen-bond donors (Lipinski definition) is 2. The molecule has 0 bridgehead atoms. The molecule has 0 unspecified atom stereocenters. The van der Waals surface area contributed by atoms with Gasteiger partial charge in [-0.1, -0.05) is 35.9 Å². The first-order valence-corrected chi connectivity index (χ1v) is 12.4. The Hall–Kier alpha value is -3.23. The molecule has 9 heteroatoms.